The van der Waals surface area contributed by atoms with Crippen LogP contribution in [0, 0.1) is 0 Å². The van der Waals surface area contributed by atoms with Gasteiger partial charge in [-0.15, -0.1) is 11.8 Å². The molecule has 3 heteroatoms. The average Bonchev–Trinajstić information content (AvgIpc) is 2.17. The zero-order valence-corrected chi connectivity index (χ0v) is 10.6. The van der Waals surface area contributed by atoms with Gasteiger partial charge >= 0.3 is 0 Å². The SMILES string of the molecule is CC(CO)Sc1ccc(C(C)(C)C)cn1. The Kier molecular flexibility index (Phi) is 4.17. The third kappa shape index (κ3) is 3.84. The first-order chi connectivity index (χ1) is 6.93. The molecule has 1 aromatic heterocycles. The summed E-state index contributed by atoms with van der Waals surface area (Å²) < 4.78 is 0. The van der Waals surface area contributed by atoms with Gasteiger partial charge in [0.15, 0.2) is 0 Å². The summed E-state index contributed by atoms with van der Waals surface area (Å²) in [5.74, 6) is 0. The monoisotopic (exact) mass is 225 g/mol. The standard InChI is InChI=1S/C12H19NOS/c1-9(8-14)15-11-6-5-10(7-13-11)12(2,3)4/h5-7,9,14H,8H2,1-4H3. The van der Waals surface area contributed by atoms with E-state index in [-0.39, 0.29) is 17.3 Å². The van der Waals surface area contributed by atoms with Crippen LogP contribution in [0.25, 0.3) is 0 Å². The fourth-order valence-corrected chi connectivity index (χ4v) is 1.88. The molecular weight excluding hydrogens is 206 g/mol. The molecule has 1 atom stereocenters. The summed E-state index contributed by atoms with van der Waals surface area (Å²) in [6, 6.07) is 4.14. The number of aliphatic hydroxyl groups excluding tert-OH is 1. The Morgan fingerprint density at radius 3 is 2.47 bits per heavy atom. The number of rotatable bonds is 3. The number of aliphatic hydroxyl groups is 1. The van der Waals surface area contributed by atoms with E-state index >= 15 is 0 Å². The van der Waals surface area contributed by atoms with Crippen LogP contribution in [0.15, 0.2) is 23.4 Å². The van der Waals surface area contributed by atoms with Gasteiger partial charge in [-0.05, 0) is 17.0 Å². The minimum atomic E-state index is 0.152. The van der Waals surface area contributed by atoms with E-state index in [1.165, 1.54) is 5.56 Å². The number of hydrogen-bond acceptors (Lipinski definition) is 3. The Morgan fingerprint density at radius 2 is 2.07 bits per heavy atom. The second kappa shape index (κ2) is 4.99. The van der Waals surface area contributed by atoms with Gasteiger partial charge in [0.05, 0.1) is 11.6 Å². The second-order valence-electron chi connectivity index (χ2n) is 4.75. The molecule has 0 saturated heterocycles. The third-order valence-electron chi connectivity index (χ3n) is 2.18. The van der Waals surface area contributed by atoms with Crippen molar-refractivity contribution >= 4 is 11.8 Å². The molecule has 84 valence electrons. The molecule has 0 aliphatic rings. The van der Waals surface area contributed by atoms with Crippen LogP contribution in [-0.2, 0) is 5.41 Å². The van der Waals surface area contributed by atoms with E-state index in [0.29, 0.717) is 0 Å². The van der Waals surface area contributed by atoms with Crippen molar-refractivity contribution in [3.8, 4) is 0 Å². The number of nitrogens with zero attached hydrogens (tertiary/aromatic N) is 1. The van der Waals surface area contributed by atoms with Gasteiger partial charge < -0.3 is 5.11 Å². The topological polar surface area (TPSA) is 33.1 Å². The van der Waals surface area contributed by atoms with E-state index in [1.807, 2.05) is 19.2 Å². The molecule has 0 spiro atoms. The average molecular weight is 225 g/mol. The summed E-state index contributed by atoms with van der Waals surface area (Å²) >= 11 is 1.60. The van der Waals surface area contributed by atoms with E-state index in [9.17, 15) is 0 Å². The smallest absolute Gasteiger partial charge is 0.0963 e. The van der Waals surface area contributed by atoms with Gasteiger partial charge in [0, 0.05) is 11.4 Å². The summed E-state index contributed by atoms with van der Waals surface area (Å²) in [7, 11) is 0. The minimum Gasteiger partial charge on any atom is -0.395 e. The maximum atomic E-state index is 8.93. The van der Waals surface area contributed by atoms with Crippen molar-refractivity contribution in [3.05, 3.63) is 23.9 Å². The van der Waals surface area contributed by atoms with Crippen LogP contribution >= 0.6 is 11.8 Å². The van der Waals surface area contributed by atoms with Gasteiger partial charge in [0.25, 0.3) is 0 Å². The summed E-state index contributed by atoms with van der Waals surface area (Å²) in [4.78, 5) is 4.38. The van der Waals surface area contributed by atoms with E-state index in [2.05, 4.69) is 31.8 Å². The van der Waals surface area contributed by atoms with Gasteiger partial charge in [-0.3, -0.25) is 0 Å². The Morgan fingerprint density at radius 1 is 1.40 bits per heavy atom. The lowest BCUT2D eigenvalue weighted by atomic mass is 9.88. The molecule has 0 aromatic carbocycles. The van der Waals surface area contributed by atoms with Gasteiger partial charge in [-0.1, -0.05) is 33.8 Å². The molecule has 1 heterocycles. The van der Waals surface area contributed by atoms with Gasteiger partial charge in [-0.25, -0.2) is 4.98 Å². The van der Waals surface area contributed by atoms with E-state index < -0.39 is 0 Å². The van der Waals surface area contributed by atoms with Crippen molar-refractivity contribution in [3.63, 3.8) is 0 Å². The highest BCUT2D eigenvalue weighted by Gasteiger charge is 2.14. The lowest BCUT2D eigenvalue weighted by Crippen LogP contribution is -2.11. The van der Waals surface area contributed by atoms with Crippen LogP contribution < -0.4 is 0 Å². The van der Waals surface area contributed by atoms with Crippen LogP contribution in [0.2, 0.25) is 0 Å². The Labute approximate surface area is 96.1 Å². The highest BCUT2D eigenvalue weighted by atomic mass is 32.2. The summed E-state index contributed by atoms with van der Waals surface area (Å²) in [6.07, 6.45) is 1.92. The lowest BCUT2D eigenvalue weighted by Gasteiger charge is -2.18. The molecule has 1 aromatic rings. The largest absolute Gasteiger partial charge is 0.395 e. The molecule has 1 unspecified atom stereocenters. The van der Waals surface area contributed by atoms with Crippen molar-refractivity contribution in [1.29, 1.82) is 0 Å². The second-order valence-corrected chi connectivity index (χ2v) is 6.20. The summed E-state index contributed by atoms with van der Waals surface area (Å²) in [6.45, 7) is 8.70. The van der Waals surface area contributed by atoms with Crippen LogP contribution in [0.4, 0.5) is 0 Å². The first-order valence-corrected chi connectivity index (χ1v) is 6.05. The maximum Gasteiger partial charge on any atom is 0.0963 e. The van der Waals surface area contributed by atoms with E-state index in [4.69, 9.17) is 5.11 Å². The van der Waals surface area contributed by atoms with Crippen LogP contribution in [0.5, 0.6) is 0 Å². The van der Waals surface area contributed by atoms with E-state index in [0.717, 1.165) is 5.03 Å². The Balaban J connectivity index is 2.73. The number of hydrogen-bond donors (Lipinski definition) is 1. The molecule has 0 bridgehead atoms. The molecule has 0 saturated carbocycles. The lowest BCUT2D eigenvalue weighted by molar-refractivity contribution is 0.300. The van der Waals surface area contributed by atoms with Crippen molar-refractivity contribution in [2.75, 3.05) is 6.61 Å². The molecule has 1 N–H and O–H groups in total. The highest BCUT2D eigenvalue weighted by Crippen LogP contribution is 2.25. The van der Waals surface area contributed by atoms with Crippen LogP contribution in [0.1, 0.15) is 33.3 Å². The zero-order valence-electron chi connectivity index (χ0n) is 9.82. The van der Waals surface area contributed by atoms with Gasteiger partial charge in [-0.2, -0.15) is 0 Å². The third-order valence-corrected chi connectivity index (χ3v) is 3.22. The molecule has 0 fully saturated rings. The Hall–Kier alpha value is -0.540. The fraction of sp³-hybridized carbons (Fsp3) is 0.583. The molecule has 1 rings (SSSR count). The van der Waals surface area contributed by atoms with Crippen LogP contribution in [-0.4, -0.2) is 21.9 Å². The fourth-order valence-electron chi connectivity index (χ4n) is 1.14. The normalized spacial score (nSPS) is 13.9. The molecule has 0 aliphatic heterocycles. The number of thioether (sulfide) groups is 1. The zero-order chi connectivity index (χ0) is 11.5. The number of aromatic nitrogens is 1. The van der Waals surface area contributed by atoms with Crippen LogP contribution in [0.3, 0.4) is 0 Å². The minimum absolute atomic E-state index is 0.152. The van der Waals surface area contributed by atoms with Crippen molar-refractivity contribution in [1.82, 2.24) is 4.98 Å². The molecule has 0 amide bonds. The maximum absolute atomic E-state index is 8.93. The predicted octanol–water partition coefficient (Wildman–Crippen LogP) is 2.85. The van der Waals surface area contributed by atoms with Crippen molar-refractivity contribution in [2.24, 2.45) is 0 Å². The quantitative estimate of drug-likeness (QED) is 0.803. The Bertz CT molecular complexity index is 302. The summed E-state index contributed by atoms with van der Waals surface area (Å²) in [5, 5.41) is 10.1. The summed E-state index contributed by atoms with van der Waals surface area (Å²) in [5.41, 5.74) is 1.39. The molecule has 0 radical (unpaired) electrons. The van der Waals surface area contributed by atoms with Gasteiger partial charge in [0.1, 0.15) is 0 Å². The van der Waals surface area contributed by atoms with E-state index in [1.54, 1.807) is 11.8 Å². The first kappa shape index (κ1) is 12.5. The molecule has 2 nitrogen and oxygen atoms in total. The van der Waals surface area contributed by atoms with Crippen molar-refractivity contribution < 1.29 is 5.11 Å². The van der Waals surface area contributed by atoms with Gasteiger partial charge in [0.2, 0.25) is 0 Å². The molecule has 0 aliphatic carbocycles. The first-order valence-electron chi connectivity index (χ1n) is 5.17. The number of pyridine rings is 1. The predicted molar refractivity (Wildman–Crippen MR) is 65.3 cm³/mol. The molecule has 15 heavy (non-hydrogen) atoms. The molecular formula is C12H19NOS. The van der Waals surface area contributed by atoms with Crippen molar-refractivity contribution in [2.45, 2.75) is 43.4 Å². The highest BCUT2D eigenvalue weighted by molar-refractivity contribution is 7.99.